The summed E-state index contributed by atoms with van der Waals surface area (Å²) in [6.07, 6.45) is 6.57. The van der Waals surface area contributed by atoms with Crippen molar-refractivity contribution in [1.29, 1.82) is 0 Å². The molecule has 0 spiro atoms. The number of pyridine rings is 2. The molecule has 8 nitrogen and oxygen atoms in total. The molecular formula is C24H25N7O. The summed E-state index contributed by atoms with van der Waals surface area (Å²) >= 11 is 0. The average molecular weight is 428 g/mol. The number of aliphatic hydroxyl groups is 1. The molecule has 1 atom stereocenters. The van der Waals surface area contributed by atoms with E-state index in [-0.39, 0.29) is 6.10 Å². The zero-order valence-corrected chi connectivity index (χ0v) is 17.8. The quantitative estimate of drug-likeness (QED) is 0.536. The van der Waals surface area contributed by atoms with Crippen molar-refractivity contribution in [2.45, 2.75) is 25.4 Å². The fourth-order valence-electron chi connectivity index (χ4n) is 4.59. The molecule has 0 bridgehead atoms. The highest BCUT2D eigenvalue weighted by molar-refractivity contribution is 5.68. The Balaban J connectivity index is 1.35. The number of hydrogen-bond acceptors (Lipinski definition) is 7. The van der Waals surface area contributed by atoms with E-state index in [0.29, 0.717) is 6.54 Å². The van der Waals surface area contributed by atoms with Gasteiger partial charge in [-0.05, 0) is 55.7 Å². The average Bonchev–Trinajstić information content (AvgIpc) is 3.60. The van der Waals surface area contributed by atoms with Crippen LogP contribution in [0.5, 0.6) is 0 Å². The molecule has 4 aromatic rings. The Labute approximate surface area is 186 Å². The van der Waals surface area contributed by atoms with Gasteiger partial charge in [0.2, 0.25) is 0 Å². The summed E-state index contributed by atoms with van der Waals surface area (Å²) in [6.45, 7) is 3.54. The lowest BCUT2D eigenvalue weighted by Gasteiger charge is -2.17. The minimum Gasteiger partial charge on any atom is -0.391 e. The third-order valence-electron chi connectivity index (χ3n) is 6.32. The van der Waals surface area contributed by atoms with Gasteiger partial charge in [0.1, 0.15) is 17.3 Å². The van der Waals surface area contributed by atoms with Crippen molar-refractivity contribution < 1.29 is 5.11 Å². The second-order valence-corrected chi connectivity index (χ2v) is 8.50. The van der Waals surface area contributed by atoms with Crippen LogP contribution in [-0.4, -0.2) is 62.0 Å². The van der Waals surface area contributed by atoms with E-state index in [0.717, 1.165) is 66.0 Å². The molecule has 162 valence electrons. The van der Waals surface area contributed by atoms with Crippen LogP contribution in [-0.2, 0) is 0 Å². The van der Waals surface area contributed by atoms with Crippen molar-refractivity contribution >= 4 is 17.3 Å². The van der Waals surface area contributed by atoms with Crippen molar-refractivity contribution in [2.75, 3.05) is 36.0 Å². The van der Waals surface area contributed by atoms with Gasteiger partial charge in [0, 0.05) is 37.9 Å². The van der Waals surface area contributed by atoms with Gasteiger partial charge in [-0.15, -0.1) is 5.10 Å². The Hall–Kier alpha value is -3.52. The summed E-state index contributed by atoms with van der Waals surface area (Å²) in [5.41, 5.74) is 4.39. The van der Waals surface area contributed by atoms with Crippen LogP contribution in [0, 0.1) is 0 Å². The monoisotopic (exact) mass is 427 g/mol. The van der Waals surface area contributed by atoms with Gasteiger partial charge >= 0.3 is 0 Å². The summed E-state index contributed by atoms with van der Waals surface area (Å²) in [4.78, 5) is 18.4. The first-order valence-corrected chi connectivity index (χ1v) is 11.2. The number of imidazole rings is 1. The maximum absolute atomic E-state index is 9.87. The van der Waals surface area contributed by atoms with Crippen LogP contribution in [0.3, 0.4) is 0 Å². The maximum atomic E-state index is 9.87. The molecule has 2 aliphatic rings. The van der Waals surface area contributed by atoms with Gasteiger partial charge in [-0.2, -0.15) is 0 Å². The SMILES string of the molecule is O[C@H]1CCN(c2cc(-c3cccc(-c4cnc5ccc(N6CCCC6)nn45)n3)ccn2)C1. The number of β-amino-alcohol motifs (C(OH)–C–C–N with tert-alkyl or cyclic N) is 1. The number of hydrogen-bond donors (Lipinski definition) is 1. The van der Waals surface area contributed by atoms with Gasteiger partial charge in [-0.1, -0.05) is 6.07 Å². The zero-order chi connectivity index (χ0) is 21.5. The van der Waals surface area contributed by atoms with Crippen LogP contribution < -0.4 is 9.80 Å². The van der Waals surface area contributed by atoms with E-state index < -0.39 is 0 Å². The van der Waals surface area contributed by atoms with E-state index in [4.69, 9.17) is 10.1 Å². The Morgan fingerprint density at radius 3 is 2.59 bits per heavy atom. The molecule has 0 saturated carbocycles. The fraction of sp³-hybridized carbons (Fsp3) is 0.333. The Morgan fingerprint density at radius 1 is 0.875 bits per heavy atom. The molecule has 0 aliphatic carbocycles. The molecule has 1 N–H and O–H groups in total. The highest BCUT2D eigenvalue weighted by atomic mass is 16.3. The molecule has 0 aromatic carbocycles. The Kier molecular flexibility index (Phi) is 4.72. The summed E-state index contributed by atoms with van der Waals surface area (Å²) in [7, 11) is 0. The van der Waals surface area contributed by atoms with E-state index >= 15 is 0 Å². The molecular weight excluding hydrogens is 402 g/mol. The van der Waals surface area contributed by atoms with Crippen LogP contribution in [0.25, 0.3) is 28.3 Å². The molecule has 8 heteroatoms. The normalized spacial score (nSPS) is 18.7. The molecule has 2 saturated heterocycles. The van der Waals surface area contributed by atoms with Gasteiger partial charge in [0.25, 0.3) is 0 Å². The number of aliphatic hydroxyl groups excluding tert-OH is 1. The third kappa shape index (κ3) is 3.46. The minimum absolute atomic E-state index is 0.282. The van der Waals surface area contributed by atoms with Gasteiger partial charge in [-0.25, -0.2) is 19.5 Å². The number of rotatable bonds is 4. The smallest absolute Gasteiger partial charge is 0.154 e. The Bertz CT molecular complexity index is 1260. The molecule has 4 aromatic heterocycles. The lowest BCUT2D eigenvalue weighted by Crippen LogP contribution is -2.22. The molecule has 2 fully saturated rings. The standard InChI is InChI=1S/C24H25N7O/c32-18-9-13-30(16-18)24-14-17(8-10-25-24)19-4-3-5-20(27-19)21-15-26-22-6-7-23(28-31(21)22)29-11-1-2-12-29/h3-8,10,14-15,18,32H,1-2,9,11-13,16H2/t18-/m0/s1. The van der Waals surface area contributed by atoms with Crippen molar-refractivity contribution in [3.05, 3.63) is 54.9 Å². The van der Waals surface area contributed by atoms with E-state index in [9.17, 15) is 5.11 Å². The fourth-order valence-corrected chi connectivity index (χ4v) is 4.59. The van der Waals surface area contributed by atoms with Crippen molar-refractivity contribution in [1.82, 2.24) is 24.6 Å². The van der Waals surface area contributed by atoms with Crippen LogP contribution in [0.2, 0.25) is 0 Å². The van der Waals surface area contributed by atoms with E-state index in [1.165, 1.54) is 12.8 Å². The van der Waals surface area contributed by atoms with Crippen molar-refractivity contribution in [3.63, 3.8) is 0 Å². The van der Waals surface area contributed by atoms with Crippen LogP contribution in [0.1, 0.15) is 19.3 Å². The summed E-state index contributed by atoms with van der Waals surface area (Å²) in [5.74, 6) is 1.86. The largest absolute Gasteiger partial charge is 0.391 e. The van der Waals surface area contributed by atoms with Gasteiger partial charge in [-0.3, -0.25) is 0 Å². The molecule has 6 rings (SSSR count). The van der Waals surface area contributed by atoms with Crippen molar-refractivity contribution in [3.8, 4) is 22.6 Å². The summed E-state index contributed by atoms with van der Waals surface area (Å²) in [5, 5.41) is 14.7. The predicted octanol–water partition coefficient (Wildman–Crippen LogP) is 3.02. The first-order chi connectivity index (χ1) is 15.7. The number of fused-ring (bicyclic) bond motifs is 1. The van der Waals surface area contributed by atoms with E-state index in [1.807, 2.05) is 53.3 Å². The predicted molar refractivity (Wildman–Crippen MR) is 124 cm³/mol. The second kappa shape index (κ2) is 7.87. The zero-order valence-electron chi connectivity index (χ0n) is 17.8. The topological polar surface area (TPSA) is 82.7 Å². The lowest BCUT2D eigenvalue weighted by molar-refractivity contribution is 0.198. The molecule has 6 heterocycles. The second-order valence-electron chi connectivity index (χ2n) is 8.50. The van der Waals surface area contributed by atoms with Crippen LogP contribution in [0.4, 0.5) is 11.6 Å². The van der Waals surface area contributed by atoms with E-state index in [1.54, 1.807) is 0 Å². The number of nitrogens with zero attached hydrogens (tertiary/aromatic N) is 7. The van der Waals surface area contributed by atoms with Gasteiger partial charge in [0.15, 0.2) is 5.65 Å². The van der Waals surface area contributed by atoms with Crippen LogP contribution in [0.15, 0.2) is 54.9 Å². The highest BCUT2D eigenvalue weighted by Gasteiger charge is 2.22. The van der Waals surface area contributed by atoms with Crippen LogP contribution >= 0.6 is 0 Å². The van der Waals surface area contributed by atoms with Crippen molar-refractivity contribution in [2.24, 2.45) is 0 Å². The molecule has 0 amide bonds. The molecule has 0 unspecified atom stereocenters. The van der Waals surface area contributed by atoms with Gasteiger partial charge < -0.3 is 14.9 Å². The summed E-state index contributed by atoms with van der Waals surface area (Å²) in [6, 6.07) is 14.1. The minimum atomic E-state index is -0.282. The maximum Gasteiger partial charge on any atom is 0.154 e. The number of aromatic nitrogens is 5. The summed E-state index contributed by atoms with van der Waals surface area (Å²) < 4.78 is 1.89. The van der Waals surface area contributed by atoms with E-state index in [2.05, 4.69) is 25.8 Å². The number of anilines is 2. The highest BCUT2D eigenvalue weighted by Crippen LogP contribution is 2.27. The lowest BCUT2D eigenvalue weighted by atomic mass is 10.1. The van der Waals surface area contributed by atoms with Gasteiger partial charge in [0.05, 0.1) is 23.7 Å². The molecule has 32 heavy (non-hydrogen) atoms. The first kappa shape index (κ1) is 19.2. The Morgan fingerprint density at radius 2 is 1.75 bits per heavy atom. The third-order valence-corrected chi connectivity index (χ3v) is 6.32. The molecule has 0 radical (unpaired) electrons. The molecule has 2 aliphatic heterocycles. The first-order valence-electron chi connectivity index (χ1n) is 11.2.